The van der Waals surface area contributed by atoms with E-state index in [4.69, 9.17) is 4.74 Å². The van der Waals surface area contributed by atoms with Crippen LogP contribution in [0.1, 0.15) is 40.8 Å². The molecule has 0 bridgehead atoms. The van der Waals surface area contributed by atoms with Crippen molar-refractivity contribution in [3.05, 3.63) is 64.7 Å². The summed E-state index contributed by atoms with van der Waals surface area (Å²) in [7, 11) is 2.02. The van der Waals surface area contributed by atoms with E-state index in [0.29, 0.717) is 6.04 Å². The Bertz CT molecular complexity index is 621. The van der Waals surface area contributed by atoms with Crippen molar-refractivity contribution in [3.8, 4) is 5.75 Å². The molecule has 1 aliphatic rings. The van der Waals surface area contributed by atoms with E-state index in [1.165, 1.54) is 22.3 Å². The van der Waals surface area contributed by atoms with Crippen LogP contribution in [0.25, 0.3) is 0 Å². The van der Waals surface area contributed by atoms with E-state index in [1.807, 2.05) is 13.1 Å². The molecule has 2 aromatic carbocycles. The molecule has 2 aromatic rings. The van der Waals surface area contributed by atoms with Gasteiger partial charge in [-0.1, -0.05) is 36.4 Å². The van der Waals surface area contributed by atoms with Gasteiger partial charge in [-0.15, -0.1) is 0 Å². The summed E-state index contributed by atoms with van der Waals surface area (Å²) in [6.07, 6.45) is 1.10. The molecule has 1 aliphatic heterocycles. The zero-order chi connectivity index (χ0) is 14.1. The van der Waals surface area contributed by atoms with Gasteiger partial charge < -0.3 is 10.1 Å². The zero-order valence-corrected chi connectivity index (χ0v) is 12.3. The molecule has 0 fully saturated rings. The third-order valence-corrected chi connectivity index (χ3v) is 4.36. The molecule has 0 spiro atoms. The van der Waals surface area contributed by atoms with E-state index in [9.17, 15) is 0 Å². The topological polar surface area (TPSA) is 21.3 Å². The van der Waals surface area contributed by atoms with Gasteiger partial charge in [-0.2, -0.15) is 0 Å². The highest BCUT2D eigenvalue weighted by atomic mass is 16.5. The second kappa shape index (κ2) is 5.29. The van der Waals surface area contributed by atoms with Gasteiger partial charge in [0.25, 0.3) is 0 Å². The summed E-state index contributed by atoms with van der Waals surface area (Å²) in [6, 6.07) is 15.1. The van der Waals surface area contributed by atoms with Gasteiger partial charge in [0.15, 0.2) is 0 Å². The van der Waals surface area contributed by atoms with Gasteiger partial charge in [-0.25, -0.2) is 0 Å². The van der Waals surface area contributed by atoms with Gasteiger partial charge in [0.2, 0.25) is 0 Å². The van der Waals surface area contributed by atoms with E-state index >= 15 is 0 Å². The standard InChI is InChI=1S/C18H21NO/c1-12-7-6-9-14(13(12)2)18-11-16(19-3)15-8-4-5-10-17(15)20-18/h4-10,16,18-19H,11H2,1-3H3. The fourth-order valence-corrected chi connectivity index (χ4v) is 3.00. The van der Waals surface area contributed by atoms with Crippen LogP contribution in [0.4, 0.5) is 0 Å². The largest absolute Gasteiger partial charge is 0.485 e. The molecule has 0 radical (unpaired) electrons. The van der Waals surface area contributed by atoms with Crippen molar-refractivity contribution in [1.29, 1.82) is 0 Å². The molecular weight excluding hydrogens is 246 g/mol. The minimum Gasteiger partial charge on any atom is -0.485 e. The molecule has 0 aliphatic carbocycles. The lowest BCUT2D eigenvalue weighted by atomic mass is 9.90. The van der Waals surface area contributed by atoms with Crippen LogP contribution in [0.15, 0.2) is 42.5 Å². The van der Waals surface area contributed by atoms with Gasteiger partial charge in [0.1, 0.15) is 11.9 Å². The summed E-state index contributed by atoms with van der Waals surface area (Å²) in [4.78, 5) is 0. The highest BCUT2D eigenvalue weighted by Gasteiger charge is 2.28. The van der Waals surface area contributed by atoms with Crippen LogP contribution >= 0.6 is 0 Å². The van der Waals surface area contributed by atoms with E-state index in [1.54, 1.807) is 0 Å². The normalized spacial score (nSPS) is 21.1. The molecular formula is C18H21NO. The Kier molecular flexibility index (Phi) is 3.49. The summed E-state index contributed by atoms with van der Waals surface area (Å²) in [5, 5.41) is 3.41. The van der Waals surface area contributed by atoms with Crippen LogP contribution < -0.4 is 10.1 Å². The molecule has 2 atom stereocenters. The first-order valence-corrected chi connectivity index (χ1v) is 7.19. The maximum Gasteiger partial charge on any atom is 0.126 e. The average molecular weight is 267 g/mol. The van der Waals surface area contributed by atoms with Gasteiger partial charge >= 0.3 is 0 Å². The lowest BCUT2D eigenvalue weighted by Gasteiger charge is -2.33. The molecule has 104 valence electrons. The Hall–Kier alpha value is -1.80. The van der Waals surface area contributed by atoms with Crippen molar-refractivity contribution >= 4 is 0 Å². The van der Waals surface area contributed by atoms with Gasteiger partial charge in [0.05, 0.1) is 0 Å². The number of rotatable bonds is 2. The second-order valence-electron chi connectivity index (χ2n) is 5.51. The molecule has 2 nitrogen and oxygen atoms in total. The van der Waals surface area contributed by atoms with Crippen molar-refractivity contribution in [2.24, 2.45) is 0 Å². The minimum absolute atomic E-state index is 0.127. The van der Waals surface area contributed by atoms with E-state index in [2.05, 4.69) is 55.6 Å². The first-order valence-electron chi connectivity index (χ1n) is 7.19. The molecule has 0 saturated carbocycles. The molecule has 2 heteroatoms. The van der Waals surface area contributed by atoms with Crippen LogP contribution in [0.3, 0.4) is 0 Å². The molecule has 0 aromatic heterocycles. The number of fused-ring (bicyclic) bond motifs is 1. The Labute approximate surface area is 120 Å². The summed E-state index contributed by atoms with van der Waals surface area (Å²) in [5.74, 6) is 1.00. The zero-order valence-electron chi connectivity index (χ0n) is 12.3. The molecule has 0 saturated heterocycles. The second-order valence-corrected chi connectivity index (χ2v) is 5.51. The number of aryl methyl sites for hydroxylation is 1. The highest BCUT2D eigenvalue weighted by molar-refractivity contribution is 5.41. The van der Waals surface area contributed by atoms with Gasteiger partial charge in [0, 0.05) is 18.0 Å². The molecule has 3 rings (SSSR count). The molecule has 1 heterocycles. The lowest BCUT2D eigenvalue weighted by Crippen LogP contribution is -2.27. The maximum atomic E-state index is 6.25. The Morgan fingerprint density at radius 1 is 1.00 bits per heavy atom. The van der Waals surface area contributed by atoms with Crippen molar-refractivity contribution in [3.63, 3.8) is 0 Å². The third-order valence-electron chi connectivity index (χ3n) is 4.36. The number of hydrogen-bond acceptors (Lipinski definition) is 2. The van der Waals surface area contributed by atoms with Crippen LogP contribution in [-0.2, 0) is 0 Å². The SMILES string of the molecule is CNC1CC(c2cccc(C)c2C)Oc2ccccc21. The smallest absolute Gasteiger partial charge is 0.126 e. The number of hydrogen-bond donors (Lipinski definition) is 1. The third kappa shape index (κ3) is 2.20. The summed E-state index contributed by atoms with van der Waals surface area (Å²) >= 11 is 0. The maximum absolute atomic E-state index is 6.25. The first kappa shape index (κ1) is 13.2. The van der Waals surface area contributed by atoms with Crippen LogP contribution in [0.2, 0.25) is 0 Å². The molecule has 1 N–H and O–H groups in total. The summed E-state index contributed by atoms with van der Waals surface area (Å²) in [5.41, 5.74) is 5.23. The van der Waals surface area contributed by atoms with Crippen LogP contribution in [-0.4, -0.2) is 7.05 Å². The Morgan fingerprint density at radius 2 is 1.75 bits per heavy atom. The number of benzene rings is 2. The molecule has 0 amide bonds. The highest BCUT2D eigenvalue weighted by Crippen LogP contribution is 2.41. The fourth-order valence-electron chi connectivity index (χ4n) is 3.00. The van der Waals surface area contributed by atoms with Crippen molar-refractivity contribution in [1.82, 2.24) is 5.32 Å². The van der Waals surface area contributed by atoms with Gasteiger partial charge in [-0.3, -0.25) is 0 Å². The molecule has 20 heavy (non-hydrogen) atoms. The first-order chi connectivity index (χ1) is 9.70. The van der Waals surface area contributed by atoms with Crippen molar-refractivity contribution in [2.75, 3.05) is 7.05 Å². The van der Waals surface area contributed by atoms with Crippen molar-refractivity contribution < 1.29 is 4.74 Å². The number of para-hydroxylation sites is 1. The predicted molar refractivity (Wildman–Crippen MR) is 82.1 cm³/mol. The molecule has 2 unspecified atom stereocenters. The Balaban J connectivity index is 2.00. The quantitative estimate of drug-likeness (QED) is 0.885. The minimum atomic E-state index is 0.127. The average Bonchev–Trinajstić information content (AvgIpc) is 2.49. The predicted octanol–water partition coefficient (Wildman–Crippen LogP) is 4.09. The fraction of sp³-hybridized carbons (Fsp3) is 0.333. The van der Waals surface area contributed by atoms with E-state index < -0.39 is 0 Å². The van der Waals surface area contributed by atoms with Crippen molar-refractivity contribution in [2.45, 2.75) is 32.4 Å². The van der Waals surface area contributed by atoms with Crippen LogP contribution in [0, 0.1) is 13.8 Å². The van der Waals surface area contributed by atoms with Crippen LogP contribution in [0.5, 0.6) is 5.75 Å². The van der Waals surface area contributed by atoms with E-state index in [0.717, 1.165) is 12.2 Å². The summed E-state index contributed by atoms with van der Waals surface area (Å²) < 4.78 is 6.25. The Morgan fingerprint density at radius 3 is 2.55 bits per heavy atom. The number of nitrogens with one attached hydrogen (secondary N) is 1. The van der Waals surface area contributed by atoms with Gasteiger partial charge in [-0.05, 0) is 43.7 Å². The summed E-state index contributed by atoms with van der Waals surface area (Å²) in [6.45, 7) is 4.34. The lowest BCUT2D eigenvalue weighted by molar-refractivity contribution is 0.153. The van der Waals surface area contributed by atoms with E-state index in [-0.39, 0.29) is 6.10 Å². The monoisotopic (exact) mass is 267 g/mol. The number of ether oxygens (including phenoxy) is 1.